The normalized spacial score (nSPS) is 18.3. The van der Waals surface area contributed by atoms with Crippen LogP contribution < -0.4 is 5.32 Å². The summed E-state index contributed by atoms with van der Waals surface area (Å²) in [6, 6.07) is 1.60. The quantitative estimate of drug-likeness (QED) is 0.805. The lowest BCUT2D eigenvalue weighted by Gasteiger charge is -2.20. The highest BCUT2D eigenvalue weighted by molar-refractivity contribution is 5.96. The third-order valence-corrected chi connectivity index (χ3v) is 3.34. The molecular weight excluding hydrogens is 276 g/mol. The van der Waals surface area contributed by atoms with Crippen LogP contribution in [0.25, 0.3) is 0 Å². The first-order valence-electron chi connectivity index (χ1n) is 6.72. The van der Waals surface area contributed by atoms with Crippen LogP contribution in [0.5, 0.6) is 0 Å². The van der Waals surface area contributed by atoms with Gasteiger partial charge in [0.15, 0.2) is 5.82 Å². The highest BCUT2D eigenvalue weighted by atomic mass is 16.4. The molecule has 21 heavy (non-hydrogen) atoms. The zero-order chi connectivity index (χ0) is 15.6. The number of carboxylic acid groups (broad SMARTS) is 1. The van der Waals surface area contributed by atoms with Crippen LogP contribution in [0.2, 0.25) is 0 Å². The Labute approximate surface area is 121 Å². The summed E-state index contributed by atoms with van der Waals surface area (Å²) in [4.78, 5) is 36.1. The summed E-state index contributed by atoms with van der Waals surface area (Å²) in [6.07, 6.45) is 1.67. The molecule has 8 heteroatoms. The Morgan fingerprint density at radius 3 is 2.81 bits per heavy atom. The molecular formula is C13H18N4O4. The summed E-state index contributed by atoms with van der Waals surface area (Å²) in [5, 5.41) is 15.2. The number of aromatic nitrogens is 2. The number of rotatable bonds is 5. The Kier molecular flexibility index (Phi) is 4.25. The van der Waals surface area contributed by atoms with Crippen LogP contribution in [0.3, 0.4) is 0 Å². The van der Waals surface area contributed by atoms with E-state index in [4.69, 9.17) is 5.11 Å². The zero-order valence-corrected chi connectivity index (χ0v) is 11.9. The lowest BCUT2D eigenvalue weighted by Crippen LogP contribution is -2.33. The third kappa shape index (κ3) is 3.59. The maximum atomic E-state index is 12.1. The molecule has 8 nitrogen and oxygen atoms in total. The van der Waals surface area contributed by atoms with Gasteiger partial charge in [-0.25, -0.2) is 0 Å². The van der Waals surface area contributed by atoms with E-state index >= 15 is 0 Å². The zero-order valence-electron chi connectivity index (χ0n) is 11.9. The minimum Gasteiger partial charge on any atom is -0.480 e. The number of hydrogen-bond donors (Lipinski definition) is 2. The number of hydrogen-bond acceptors (Lipinski definition) is 4. The molecule has 1 saturated heterocycles. The maximum Gasteiger partial charge on any atom is 0.325 e. The summed E-state index contributed by atoms with van der Waals surface area (Å²) in [7, 11) is 0. The summed E-state index contributed by atoms with van der Waals surface area (Å²) in [6.45, 7) is 3.95. The van der Waals surface area contributed by atoms with Crippen molar-refractivity contribution in [1.29, 1.82) is 0 Å². The smallest absolute Gasteiger partial charge is 0.325 e. The van der Waals surface area contributed by atoms with E-state index in [0.29, 0.717) is 6.54 Å². The van der Waals surface area contributed by atoms with Gasteiger partial charge in [0.05, 0.1) is 5.92 Å². The summed E-state index contributed by atoms with van der Waals surface area (Å²) in [5.74, 6) is -1.42. The second kappa shape index (κ2) is 5.94. The van der Waals surface area contributed by atoms with Gasteiger partial charge in [0.1, 0.15) is 6.54 Å². The predicted octanol–water partition coefficient (Wildman–Crippen LogP) is 0.163. The molecule has 2 N–H and O–H groups in total. The molecule has 0 aromatic carbocycles. The molecule has 1 aliphatic rings. The number of nitrogens with one attached hydrogen (secondary N) is 1. The second-order valence-electron chi connectivity index (χ2n) is 5.32. The van der Waals surface area contributed by atoms with E-state index in [2.05, 4.69) is 10.4 Å². The lowest BCUT2D eigenvalue weighted by atomic mass is 10.1. The topological polar surface area (TPSA) is 105 Å². The molecule has 0 spiro atoms. The molecule has 0 aliphatic carbocycles. The molecule has 0 unspecified atom stereocenters. The highest BCUT2D eigenvalue weighted by Gasteiger charge is 2.35. The van der Waals surface area contributed by atoms with Gasteiger partial charge in [0.25, 0.3) is 0 Å². The van der Waals surface area contributed by atoms with Crippen LogP contribution >= 0.6 is 0 Å². The number of nitrogens with zero attached hydrogens (tertiary/aromatic N) is 3. The van der Waals surface area contributed by atoms with E-state index in [-0.39, 0.29) is 36.6 Å². The molecule has 114 valence electrons. The van der Waals surface area contributed by atoms with E-state index in [1.807, 2.05) is 13.8 Å². The monoisotopic (exact) mass is 294 g/mol. The van der Waals surface area contributed by atoms with Crippen molar-refractivity contribution in [1.82, 2.24) is 14.7 Å². The van der Waals surface area contributed by atoms with Crippen molar-refractivity contribution in [3.63, 3.8) is 0 Å². The molecule has 0 saturated carbocycles. The van der Waals surface area contributed by atoms with Crippen LogP contribution in [0.4, 0.5) is 5.82 Å². The van der Waals surface area contributed by atoms with Crippen LogP contribution in [0.1, 0.15) is 20.3 Å². The Bertz CT molecular complexity index is 566. The van der Waals surface area contributed by atoms with E-state index in [1.165, 1.54) is 16.9 Å². The van der Waals surface area contributed by atoms with Gasteiger partial charge in [-0.2, -0.15) is 5.10 Å². The van der Waals surface area contributed by atoms with E-state index < -0.39 is 11.9 Å². The van der Waals surface area contributed by atoms with Gasteiger partial charge in [0, 0.05) is 31.3 Å². The van der Waals surface area contributed by atoms with Gasteiger partial charge in [-0.15, -0.1) is 0 Å². The van der Waals surface area contributed by atoms with Crippen molar-refractivity contribution in [3.8, 4) is 0 Å². The second-order valence-corrected chi connectivity index (χ2v) is 5.32. The first kappa shape index (κ1) is 15.0. The molecule has 0 radical (unpaired) electrons. The predicted molar refractivity (Wildman–Crippen MR) is 73.4 cm³/mol. The van der Waals surface area contributed by atoms with Gasteiger partial charge >= 0.3 is 5.97 Å². The highest BCUT2D eigenvalue weighted by Crippen LogP contribution is 2.21. The fourth-order valence-electron chi connectivity index (χ4n) is 2.29. The van der Waals surface area contributed by atoms with Gasteiger partial charge in [-0.05, 0) is 13.8 Å². The van der Waals surface area contributed by atoms with Gasteiger partial charge in [-0.1, -0.05) is 0 Å². The summed E-state index contributed by atoms with van der Waals surface area (Å²) < 4.78 is 1.22. The lowest BCUT2D eigenvalue weighted by molar-refractivity contribution is -0.138. The van der Waals surface area contributed by atoms with E-state index in [0.717, 1.165) is 0 Å². The third-order valence-electron chi connectivity index (χ3n) is 3.34. The van der Waals surface area contributed by atoms with Crippen molar-refractivity contribution < 1.29 is 19.5 Å². The Hall–Kier alpha value is -2.38. The molecule has 1 atom stereocenters. The van der Waals surface area contributed by atoms with E-state index in [1.54, 1.807) is 4.90 Å². The fourth-order valence-corrected chi connectivity index (χ4v) is 2.29. The SMILES string of the molecule is CC(C)N1C[C@H](C(=O)Nc2ccn(CC(=O)O)n2)CC1=O. The first-order valence-corrected chi connectivity index (χ1v) is 6.72. The summed E-state index contributed by atoms with van der Waals surface area (Å²) in [5.41, 5.74) is 0. The number of aliphatic carboxylic acids is 1. The molecule has 2 amide bonds. The molecule has 1 aliphatic heterocycles. The maximum absolute atomic E-state index is 12.1. The number of carbonyl (C=O) groups is 3. The van der Waals surface area contributed by atoms with Crippen LogP contribution in [0, 0.1) is 5.92 Å². The van der Waals surface area contributed by atoms with E-state index in [9.17, 15) is 14.4 Å². The van der Waals surface area contributed by atoms with Gasteiger partial charge in [-0.3, -0.25) is 19.1 Å². The standard InChI is InChI=1S/C13H18N4O4/c1-8(2)17-6-9(5-11(17)18)13(21)14-10-3-4-16(15-10)7-12(19)20/h3-4,8-9H,5-7H2,1-2H3,(H,19,20)(H,14,15,21)/t9-/m1/s1. The molecule has 1 fully saturated rings. The Balaban J connectivity index is 1.94. The molecule has 2 heterocycles. The van der Waals surface area contributed by atoms with Gasteiger partial charge < -0.3 is 15.3 Å². The molecule has 1 aromatic rings. The number of carbonyl (C=O) groups excluding carboxylic acids is 2. The number of anilines is 1. The van der Waals surface area contributed by atoms with Crippen molar-refractivity contribution in [2.24, 2.45) is 5.92 Å². The number of likely N-dealkylation sites (tertiary alicyclic amines) is 1. The molecule has 2 rings (SSSR count). The minimum absolute atomic E-state index is 0.0263. The van der Waals surface area contributed by atoms with Crippen LogP contribution in [-0.2, 0) is 20.9 Å². The first-order chi connectivity index (χ1) is 9.86. The van der Waals surface area contributed by atoms with Crippen LogP contribution in [0.15, 0.2) is 12.3 Å². The number of carboxylic acids is 1. The Morgan fingerprint density at radius 2 is 2.24 bits per heavy atom. The largest absolute Gasteiger partial charge is 0.480 e. The van der Waals surface area contributed by atoms with Crippen molar-refractivity contribution in [2.45, 2.75) is 32.9 Å². The minimum atomic E-state index is -1.01. The summed E-state index contributed by atoms with van der Waals surface area (Å²) >= 11 is 0. The van der Waals surface area contributed by atoms with Crippen molar-refractivity contribution >= 4 is 23.6 Å². The average Bonchev–Trinajstić information content (AvgIpc) is 2.95. The Morgan fingerprint density at radius 1 is 1.52 bits per heavy atom. The number of amides is 2. The molecule has 0 bridgehead atoms. The van der Waals surface area contributed by atoms with Crippen molar-refractivity contribution in [2.75, 3.05) is 11.9 Å². The average molecular weight is 294 g/mol. The van der Waals surface area contributed by atoms with Gasteiger partial charge in [0.2, 0.25) is 11.8 Å². The fraction of sp³-hybridized carbons (Fsp3) is 0.538. The van der Waals surface area contributed by atoms with Crippen molar-refractivity contribution in [3.05, 3.63) is 12.3 Å². The van der Waals surface area contributed by atoms with Crippen LogP contribution in [-0.4, -0.2) is 50.2 Å². The molecule has 1 aromatic heterocycles.